The largest absolute Gasteiger partial charge is 0.457 e. The second-order valence-electron chi connectivity index (χ2n) is 9.50. The van der Waals surface area contributed by atoms with Crippen molar-refractivity contribution < 1.29 is 4.74 Å². The quantitative estimate of drug-likeness (QED) is 0.280. The minimum Gasteiger partial charge on any atom is -0.457 e. The summed E-state index contributed by atoms with van der Waals surface area (Å²) < 4.78 is 8.98. The van der Waals surface area contributed by atoms with E-state index in [1.807, 2.05) is 17.4 Å². The van der Waals surface area contributed by atoms with Gasteiger partial charge in [-0.3, -0.25) is 0 Å². The Hall–Kier alpha value is -3.82. The van der Waals surface area contributed by atoms with E-state index in [2.05, 4.69) is 110 Å². The second kappa shape index (κ2) is 7.09. The van der Waals surface area contributed by atoms with Crippen LogP contribution in [0.5, 0.6) is 11.5 Å². The molecule has 0 aliphatic carbocycles. The van der Waals surface area contributed by atoms with Crippen molar-refractivity contribution in [1.82, 2.24) is 0 Å². The number of hydrogen-bond donors (Lipinski definition) is 1. The molecule has 0 amide bonds. The van der Waals surface area contributed by atoms with E-state index in [-0.39, 0.29) is 5.41 Å². The Balaban J connectivity index is 1.35. The molecule has 2 heterocycles. The third-order valence-corrected chi connectivity index (χ3v) is 8.31. The molecule has 5 aromatic carbocycles. The number of thiophene rings is 1. The average molecular weight is 458 g/mol. The van der Waals surface area contributed by atoms with Crippen molar-refractivity contribution in [1.29, 1.82) is 0 Å². The molecule has 0 fully saturated rings. The summed E-state index contributed by atoms with van der Waals surface area (Å²) in [5.74, 6) is 1.86. The van der Waals surface area contributed by atoms with Gasteiger partial charge in [-0.15, -0.1) is 11.3 Å². The highest BCUT2D eigenvalue weighted by molar-refractivity contribution is 7.26. The van der Waals surface area contributed by atoms with Crippen molar-refractivity contribution in [3.63, 3.8) is 0 Å². The molecular formula is C31H23NOS. The molecule has 0 atom stereocenters. The standard InChI is InChI=1S/C31H23NOS/c1-31(2)23-10-5-6-12-26(23)33-27-18-20(15-17-24(27)31)32-25-11-7-13-28-29(25)22-16-14-19-8-3-4-9-21(19)30(22)34-28/h3-18,32H,1-2H3. The van der Waals surface area contributed by atoms with Crippen LogP contribution in [0.2, 0.25) is 0 Å². The Morgan fingerprint density at radius 1 is 0.706 bits per heavy atom. The van der Waals surface area contributed by atoms with E-state index in [0.717, 1.165) is 22.9 Å². The Bertz CT molecular complexity index is 1740. The summed E-state index contributed by atoms with van der Waals surface area (Å²) in [4.78, 5) is 0. The number of benzene rings is 5. The first kappa shape index (κ1) is 19.6. The molecule has 1 aliphatic heterocycles. The summed E-state index contributed by atoms with van der Waals surface area (Å²) in [6.45, 7) is 4.53. The van der Waals surface area contributed by atoms with Gasteiger partial charge in [-0.25, -0.2) is 0 Å². The normalized spacial score (nSPS) is 14.1. The average Bonchev–Trinajstić information content (AvgIpc) is 3.24. The molecule has 0 saturated carbocycles. The molecule has 164 valence electrons. The SMILES string of the molecule is CC1(C)c2ccccc2Oc2cc(Nc3cccc4sc5c6ccccc6ccc5c34)ccc21. The fourth-order valence-electron chi connectivity index (χ4n) is 5.35. The maximum absolute atomic E-state index is 6.34. The van der Waals surface area contributed by atoms with Gasteiger partial charge in [0, 0.05) is 54.2 Å². The number of fused-ring (bicyclic) bond motifs is 7. The first-order valence-corrected chi connectivity index (χ1v) is 12.4. The van der Waals surface area contributed by atoms with Gasteiger partial charge in [-0.2, -0.15) is 0 Å². The second-order valence-corrected chi connectivity index (χ2v) is 10.6. The van der Waals surface area contributed by atoms with Gasteiger partial charge in [0.15, 0.2) is 0 Å². The maximum atomic E-state index is 6.34. The molecule has 1 N–H and O–H groups in total. The van der Waals surface area contributed by atoms with Gasteiger partial charge in [-0.05, 0) is 35.0 Å². The van der Waals surface area contributed by atoms with Gasteiger partial charge >= 0.3 is 0 Å². The third-order valence-electron chi connectivity index (χ3n) is 7.10. The highest BCUT2D eigenvalue weighted by Gasteiger charge is 2.34. The minimum atomic E-state index is -0.104. The number of para-hydroxylation sites is 1. The third kappa shape index (κ3) is 2.80. The van der Waals surface area contributed by atoms with Crippen LogP contribution in [-0.2, 0) is 5.41 Å². The summed E-state index contributed by atoms with van der Waals surface area (Å²) in [7, 11) is 0. The molecule has 3 heteroatoms. The summed E-state index contributed by atoms with van der Waals surface area (Å²) in [6.07, 6.45) is 0. The molecular weight excluding hydrogens is 434 g/mol. The van der Waals surface area contributed by atoms with E-state index >= 15 is 0 Å². The molecule has 0 unspecified atom stereocenters. The lowest BCUT2D eigenvalue weighted by molar-refractivity contribution is 0.418. The lowest BCUT2D eigenvalue weighted by Crippen LogP contribution is -2.24. The smallest absolute Gasteiger partial charge is 0.133 e. The lowest BCUT2D eigenvalue weighted by Gasteiger charge is -2.34. The summed E-state index contributed by atoms with van der Waals surface area (Å²) in [6, 6.07) is 34.5. The first-order chi connectivity index (χ1) is 16.6. The van der Waals surface area contributed by atoms with Crippen LogP contribution in [0.3, 0.4) is 0 Å². The zero-order valence-electron chi connectivity index (χ0n) is 19.1. The molecule has 7 rings (SSSR count). The van der Waals surface area contributed by atoms with Gasteiger partial charge in [0.05, 0.1) is 0 Å². The van der Waals surface area contributed by atoms with Crippen LogP contribution >= 0.6 is 11.3 Å². The van der Waals surface area contributed by atoms with Crippen LogP contribution < -0.4 is 10.1 Å². The zero-order valence-corrected chi connectivity index (χ0v) is 19.9. The van der Waals surface area contributed by atoms with Crippen LogP contribution in [-0.4, -0.2) is 0 Å². The molecule has 0 saturated heterocycles. The van der Waals surface area contributed by atoms with Crippen molar-refractivity contribution in [2.75, 3.05) is 5.32 Å². The molecule has 2 nitrogen and oxygen atoms in total. The van der Waals surface area contributed by atoms with Crippen molar-refractivity contribution in [2.45, 2.75) is 19.3 Å². The molecule has 0 radical (unpaired) electrons. The van der Waals surface area contributed by atoms with Gasteiger partial charge in [0.25, 0.3) is 0 Å². The summed E-state index contributed by atoms with van der Waals surface area (Å²) in [5, 5.41) is 8.87. The highest BCUT2D eigenvalue weighted by atomic mass is 32.1. The van der Waals surface area contributed by atoms with Crippen molar-refractivity contribution in [2.24, 2.45) is 0 Å². The molecule has 1 aliphatic rings. The highest BCUT2D eigenvalue weighted by Crippen LogP contribution is 2.49. The van der Waals surface area contributed by atoms with Crippen molar-refractivity contribution in [3.8, 4) is 11.5 Å². The van der Waals surface area contributed by atoms with Crippen LogP contribution in [0, 0.1) is 0 Å². The topological polar surface area (TPSA) is 21.3 Å². The zero-order chi connectivity index (χ0) is 22.9. The van der Waals surface area contributed by atoms with Gasteiger partial charge < -0.3 is 10.1 Å². The van der Waals surface area contributed by atoms with Gasteiger partial charge in [0.1, 0.15) is 11.5 Å². The molecule has 1 aromatic heterocycles. The Kier molecular flexibility index (Phi) is 4.09. The van der Waals surface area contributed by atoms with E-state index < -0.39 is 0 Å². The fraction of sp³-hybridized carbons (Fsp3) is 0.0968. The Morgan fingerprint density at radius 3 is 2.47 bits per heavy atom. The first-order valence-electron chi connectivity index (χ1n) is 11.6. The van der Waals surface area contributed by atoms with Crippen LogP contribution in [0.15, 0.2) is 97.1 Å². The van der Waals surface area contributed by atoms with Crippen LogP contribution in [0.4, 0.5) is 11.4 Å². The van der Waals surface area contributed by atoms with Crippen molar-refractivity contribution in [3.05, 3.63) is 108 Å². The van der Waals surface area contributed by atoms with E-state index in [4.69, 9.17) is 4.74 Å². The van der Waals surface area contributed by atoms with E-state index in [0.29, 0.717) is 0 Å². The predicted molar refractivity (Wildman–Crippen MR) is 145 cm³/mol. The summed E-state index contributed by atoms with van der Waals surface area (Å²) in [5.41, 5.74) is 4.48. The lowest BCUT2D eigenvalue weighted by atomic mass is 9.76. The number of hydrogen-bond acceptors (Lipinski definition) is 3. The van der Waals surface area contributed by atoms with Gasteiger partial charge in [0.2, 0.25) is 0 Å². The Morgan fingerprint density at radius 2 is 1.53 bits per heavy atom. The predicted octanol–water partition coefficient (Wildman–Crippen LogP) is 9.38. The van der Waals surface area contributed by atoms with Crippen molar-refractivity contribution >= 4 is 53.7 Å². The van der Waals surface area contributed by atoms with Crippen LogP contribution in [0.1, 0.15) is 25.0 Å². The number of nitrogens with one attached hydrogen (secondary N) is 1. The maximum Gasteiger partial charge on any atom is 0.133 e. The molecule has 6 aromatic rings. The molecule has 0 spiro atoms. The minimum absolute atomic E-state index is 0.104. The number of anilines is 2. The monoisotopic (exact) mass is 457 g/mol. The molecule has 34 heavy (non-hydrogen) atoms. The van der Waals surface area contributed by atoms with Crippen LogP contribution in [0.25, 0.3) is 30.9 Å². The molecule has 0 bridgehead atoms. The van der Waals surface area contributed by atoms with E-state index in [9.17, 15) is 0 Å². The van der Waals surface area contributed by atoms with E-state index in [1.54, 1.807) is 0 Å². The fourth-order valence-corrected chi connectivity index (χ4v) is 6.61. The van der Waals surface area contributed by atoms with E-state index in [1.165, 1.54) is 42.1 Å². The van der Waals surface area contributed by atoms with Gasteiger partial charge in [-0.1, -0.05) is 80.6 Å². The number of rotatable bonds is 2. The summed E-state index contributed by atoms with van der Waals surface area (Å²) >= 11 is 1.87. The number of ether oxygens (including phenoxy) is 1. The Labute approximate surface area is 202 Å².